The van der Waals surface area contributed by atoms with Gasteiger partial charge in [0.2, 0.25) is 11.8 Å². The van der Waals surface area contributed by atoms with Gasteiger partial charge in [0.25, 0.3) is 0 Å². The topological polar surface area (TPSA) is 71.3 Å². The van der Waals surface area contributed by atoms with Crippen LogP contribution in [-0.2, 0) is 11.2 Å². The molecule has 1 aromatic carbocycles. The summed E-state index contributed by atoms with van der Waals surface area (Å²) in [7, 11) is 2.08. The lowest BCUT2D eigenvalue weighted by molar-refractivity contribution is -0.116. The minimum atomic E-state index is -0.138. The summed E-state index contributed by atoms with van der Waals surface area (Å²) in [6.07, 6.45) is 3.68. The highest BCUT2D eigenvalue weighted by Gasteiger charge is 2.16. The smallest absolute Gasteiger partial charge is 0.227 e. The fraction of sp³-hybridized carbons (Fsp3) is 0.353. The van der Waals surface area contributed by atoms with E-state index in [0.29, 0.717) is 28.8 Å². The van der Waals surface area contributed by atoms with Gasteiger partial charge in [-0.2, -0.15) is 4.98 Å². The number of amides is 1. The molecule has 7 heteroatoms. The SMILES string of the molecule is CN1CC=C(c2noc(CCC(=O)Nc3ccccc3Cl)n2)CC1. The molecule has 1 aliphatic rings. The van der Waals surface area contributed by atoms with Gasteiger partial charge >= 0.3 is 0 Å². The molecule has 1 aliphatic heterocycles. The zero-order valence-electron chi connectivity index (χ0n) is 13.5. The number of rotatable bonds is 5. The Morgan fingerprint density at radius 1 is 1.42 bits per heavy atom. The van der Waals surface area contributed by atoms with E-state index in [2.05, 4.69) is 33.5 Å². The summed E-state index contributed by atoms with van der Waals surface area (Å²) in [4.78, 5) is 18.6. The minimum Gasteiger partial charge on any atom is -0.339 e. The van der Waals surface area contributed by atoms with Gasteiger partial charge in [-0.1, -0.05) is 35.0 Å². The van der Waals surface area contributed by atoms with Crippen LogP contribution in [-0.4, -0.2) is 41.1 Å². The normalized spacial score (nSPS) is 15.2. The number of nitrogens with one attached hydrogen (secondary N) is 1. The molecule has 0 fully saturated rings. The largest absolute Gasteiger partial charge is 0.339 e. The molecular formula is C17H19ClN4O2. The second kappa shape index (κ2) is 7.59. The van der Waals surface area contributed by atoms with E-state index in [-0.39, 0.29) is 12.3 Å². The second-order valence-electron chi connectivity index (χ2n) is 5.78. The highest BCUT2D eigenvalue weighted by atomic mass is 35.5. The van der Waals surface area contributed by atoms with E-state index in [4.69, 9.17) is 16.1 Å². The first-order valence-corrected chi connectivity index (χ1v) is 8.24. The van der Waals surface area contributed by atoms with Crippen molar-refractivity contribution in [1.82, 2.24) is 15.0 Å². The summed E-state index contributed by atoms with van der Waals surface area (Å²) in [6.45, 7) is 1.87. The number of aryl methyl sites for hydroxylation is 1. The number of carbonyl (C=O) groups excluding carboxylic acids is 1. The van der Waals surface area contributed by atoms with Crippen molar-refractivity contribution < 1.29 is 9.32 Å². The molecule has 0 saturated carbocycles. The second-order valence-corrected chi connectivity index (χ2v) is 6.19. The van der Waals surface area contributed by atoms with Gasteiger partial charge < -0.3 is 14.7 Å². The molecule has 0 radical (unpaired) electrons. The van der Waals surface area contributed by atoms with Gasteiger partial charge in [-0.25, -0.2) is 0 Å². The Hall–Kier alpha value is -2.18. The number of para-hydroxylation sites is 1. The van der Waals surface area contributed by atoms with Crippen LogP contribution in [0.3, 0.4) is 0 Å². The third kappa shape index (κ3) is 4.21. The van der Waals surface area contributed by atoms with Crippen molar-refractivity contribution in [1.29, 1.82) is 0 Å². The number of anilines is 1. The average Bonchev–Trinajstić information content (AvgIpc) is 3.05. The molecule has 3 rings (SSSR count). The Balaban J connectivity index is 1.54. The van der Waals surface area contributed by atoms with Crippen molar-refractivity contribution in [3.8, 4) is 0 Å². The van der Waals surface area contributed by atoms with Crippen molar-refractivity contribution in [3.63, 3.8) is 0 Å². The Morgan fingerprint density at radius 3 is 3.00 bits per heavy atom. The van der Waals surface area contributed by atoms with E-state index < -0.39 is 0 Å². The van der Waals surface area contributed by atoms with Crippen LogP contribution in [0.25, 0.3) is 5.57 Å². The van der Waals surface area contributed by atoms with Gasteiger partial charge in [0.05, 0.1) is 10.7 Å². The summed E-state index contributed by atoms with van der Waals surface area (Å²) in [5.74, 6) is 0.963. The van der Waals surface area contributed by atoms with Gasteiger partial charge in [0, 0.05) is 25.9 Å². The average molecular weight is 347 g/mol. The highest BCUT2D eigenvalue weighted by molar-refractivity contribution is 6.33. The third-order valence-corrected chi connectivity index (χ3v) is 4.21. The van der Waals surface area contributed by atoms with Crippen molar-refractivity contribution >= 4 is 28.8 Å². The molecule has 6 nitrogen and oxygen atoms in total. The van der Waals surface area contributed by atoms with Crippen molar-refractivity contribution in [2.45, 2.75) is 19.3 Å². The third-order valence-electron chi connectivity index (χ3n) is 3.88. The Kier molecular flexibility index (Phi) is 5.27. The van der Waals surface area contributed by atoms with E-state index in [1.165, 1.54) is 0 Å². The number of hydrogen-bond donors (Lipinski definition) is 1. The van der Waals surface area contributed by atoms with Crippen molar-refractivity contribution in [3.05, 3.63) is 47.1 Å². The number of nitrogens with zero attached hydrogens (tertiary/aromatic N) is 3. The summed E-state index contributed by atoms with van der Waals surface area (Å²) in [6, 6.07) is 7.13. The summed E-state index contributed by atoms with van der Waals surface area (Å²) in [5, 5.41) is 7.31. The van der Waals surface area contributed by atoms with Crippen LogP contribution in [0.15, 0.2) is 34.9 Å². The zero-order chi connectivity index (χ0) is 16.9. The number of carbonyl (C=O) groups is 1. The lowest BCUT2D eigenvalue weighted by Crippen LogP contribution is -2.23. The molecule has 24 heavy (non-hydrogen) atoms. The maximum Gasteiger partial charge on any atom is 0.227 e. The number of aromatic nitrogens is 2. The maximum absolute atomic E-state index is 12.0. The van der Waals surface area contributed by atoms with Crippen LogP contribution < -0.4 is 5.32 Å². The molecule has 0 atom stereocenters. The summed E-state index contributed by atoms with van der Waals surface area (Å²) in [5.41, 5.74) is 1.70. The van der Waals surface area contributed by atoms with Crippen LogP contribution in [0, 0.1) is 0 Å². The summed E-state index contributed by atoms with van der Waals surface area (Å²) < 4.78 is 5.25. The van der Waals surface area contributed by atoms with Crippen LogP contribution in [0.1, 0.15) is 24.6 Å². The van der Waals surface area contributed by atoms with E-state index in [9.17, 15) is 4.79 Å². The first kappa shape index (κ1) is 16.7. The predicted molar refractivity (Wildman–Crippen MR) is 92.8 cm³/mol. The van der Waals surface area contributed by atoms with Gasteiger partial charge in [0.15, 0.2) is 5.82 Å². The minimum absolute atomic E-state index is 0.138. The molecule has 1 amide bonds. The van der Waals surface area contributed by atoms with Crippen LogP contribution in [0.4, 0.5) is 5.69 Å². The first-order chi connectivity index (χ1) is 11.6. The molecule has 1 aromatic heterocycles. The monoisotopic (exact) mass is 346 g/mol. The standard InChI is InChI=1S/C17H19ClN4O2/c1-22-10-8-12(9-11-22)17-20-16(24-21-17)7-6-15(23)19-14-5-3-2-4-13(14)18/h2-5,8H,6-7,9-11H2,1H3,(H,19,23). The Bertz CT molecular complexity index is 757. The molecule has 0 bridgehead atoms. The number of hydrogen-bond acceptors (Lipinski definition) is 5. The number of benzene rings is 1. The van der Waals surface area contributed by atoms with Crippen LogP contribution in [0.5, 0.6) is 0 Å². The van der Waals surface area contributed by atoms with Gasteiger partial charge in [-0.15, -0.1) is 0 Å². The van der Waals surface area contributed by atoms with Crippen molar-refractivity contribution in [2.75, 3.05) is 25.5 Å². The Morgan fingerprint density at radius 2 is 2.25 bits per heavy atom. The molecule has 0 aliphatic carbocycles. The first-order valence-electron chi connectivity index (χ1n) is 7.87. The number of halogens is 1. The van der Waals surface area contributed by atoms with E-state index in [0.717, 1.165) is 25.1 Å². The molecule has 2 aromatic rings. The fourth-order valence-electron chi connectivity index (χ4n) is 2.46. The molecule has 0 saturated heterocycles. The lowest BCUT2D eigenvalue weighted by atomic mass is 10.1. The van der Waals surface area contributed by atoms with Crippen LogP contribution >= 0.6 is 11.6 Å². The zero-order valence-corrected chi connectivity index (χ0v) is 14.2. The predicted octanol–water partition coefficient (Wildman–Crippen LogP) is 3.01. The van der Waals surface area contributed by atoms with E-state index in [1.54, 1.807) is 12.1 Å². The lowest BCUT2D eigenvalue weighted by Gasteiger charge is -2.19. The fourth-order valence-corrected chi connectivity index (χ4v) is 2.64. The van der Waals surface area contributed by atoms with Gasteiger partial charge in [0.1, 0.15) is 0 Å². The molecule has 2 heterocycles. The molecule has 0 spiro atoms. The molecule has 0 unspecified atom stereocenters. The quantitative estimate of drug-likeness (QED) is 0.901. The van der Waals surface area contributed by atoms with E-state index >= 15 is 0 Å². The molecule has 126 valence electrons. The maximum atomic E-state index is 12.0. The van der Waals surface area contributed by atoms with Crippen molar-refractivity contribution in [2.24, 2.45) is 0 Å². The molecular weight excluding hydrogens is 328 g/mol. The summed E-state index contributed by atoms with van der Waals surface area (Å²) >= 11 is 6.02. The molecule has 1 N–H and O–H groups in total. The van der Waals surface area contributed by atoms with E-state index in [1.807, 2.05) is 12.1 Å². The highest BCUT2D eigenvalue weighted by Crippen LogP contribution is 2.21. The van der Waals surface area contributed by atoms with Crippen LogP contribution in [0.2, 0.25) is 5.02 Å². The van der Waals surface area contributed by atoms with Gasteiger partial charge in [-0.05, 0) is 31.2 Å². The number of likely N-dealkylation sites (N-methyl/N-ethyl adjacent to an activating group) is 1. The Labute approximate surface area is 145 Å². The van der Waals surface area contributed by atoms with Gasteiger partial charge in [-0.3, -0.25) is 4.79 Å².